The maximum Gasteiger partial charge on any atom is 0.248 e. The van der Waals surface area contributed by atoms with Gasteiger partial charge in [-0.3, -0.25) is 9.59 Å². The normalized spacial score (nSPS) is 15.2. The van der Waals surface area contributed by atoms with Crippen LogP contribution in [-0.2, 0) is 14.3 Å². The van der Waals surface area contributed by atoms with E-state index in [-0.39, 0.29) is 30.4 Å². The van der Waals surface area contributed by atoms with Crippen LogP contribution in [0.3, 0.4) is 0 Å². The number of hydrogen-bond donors (Lipinski definition) is 1. The minimum Gasteiger partial charge on any atom is -0.369 e. The van der Waals surface area contributed by atoms with Crippen molar-refractivity contribution in [1.29, 1.82) is 0 Å². The Balaban J connectivity index is 1.63. The molecule has 1 fully saturated rings. The van der Waals surface area contributed by atoms with Gasteiger partial charge in [-0.2, -0.15) is 0 Å². The van der Waals surface area contributed by atoms with Crippen molar-refractivity contribution in [3.8, 4) is 0 Å². The minimum absolute atomic E-state index is 0.00962. The molecule has 5 heteroatoms. The highest BCUT2D eigenvalue weighted by Gasteiger charge is 2.26. The minimum atomic E-state index is -0.287. The van der Waals surface area contributed by atoms with Gasteiger partial charge in [-0.15, -0.1) is 0 Å². The molecule has 2 aromatic carbocycles. The summed E-state index contributed by atoms with van der Waals surface area (Å²) in [6.45, 7) is 1.12. The number of hydrogen-bond acceptors (Lipinski definition) is 3. The van der Waals surface area contributed by atoms with Crippen molar-refractivity contribution in [1.82, 2.24) is 4.90 Å². The lowest BCUT2D eigenvalue weighted by Crippen LogP contribution is -2.43. The lowest BCUT2D eigenvalue weighted by atomic mass is 9.96. The van der Waals surface area contributed by atoms with E-state index in [0.29, 0.717) is 25.9 Å². The van der Waals surface area contributed by atoms with Gasteiger partial charge in [0.1, 0.15) is 12.7 Å². The molecule has 1 heterocycles. The SMILES string of the molecule is NC(=O)C1CCN(C(=O)COC(c2ccccc2)c2ccccc2)CC1. The smallest absolute Gasteiger partial charge is 0.248 e. The van der Waals surface area contributed by atoms with Gasteiger partial charge in [-0.1, -0.05) is 60.7 Å². The summed E-state index contributed by atoms with van der Waals surface area (Å²) in [6, 6.07) is 19.8. The van der Waals surface area contributed by atoms with Crippen LogP contribution in [0.1, 0.15) is 30.1 Å². The van der Waals surface area contributed by atoms with Gasteiger partial charge in [-0.25, -0.2) is 0 Å². The topological polar surface area (TPSA) is 72.6 Å². The maximum absolute atomic E-state index is 12.5. The van der Waals surface area contributed by atoms with Gasteiger partial charge in [0, 0.05) is 19.0 Å². The standard InChI is InChI=1S/C21H24N2O3/c22-21(25)18-11-13-23(14-12-18)19(24)15-26-20(16-7-3-1-4-8-16)17-9-5-2-6-10-17/h1-10,18,20H,11-15H2,(H2,22,25). The van der Waals surface area contributed by atoms with Gasteiger partial charge in [0.05, 0.1) is 0 Å². The second-order valence-corrected chi connectivity index (χ2v) is 6.57. The van der Waals surface area contributed by atoms with Crippen LogP contribution >= 0.6 is 0 Å². The Morgan fingerprint density at radius 1 is 0.962 bits per heavy atom. The summed E-state index contributed by atoms with van der Waals surface area (Å²) in [5.41, 5.74) is 7.37. The molecule has 0 aromatic heterocycles. The van der Waals surface area contributed by atoms with Gasteiger partial charge in [-0.05, 0) is 24.0 Å². The van der Waals surface area contributed by atoms with Gasteiger partial charge >= 0.3 is 0 Å². The van der Waals surface area contributed by atoms with E-state index in [0.717, 1.165) is 11.1 Å². The van der Waals surface area contributed by atoms with Crippen LogP contribution in [0.15, 0.2) is 60.7 Å². The number of piperidine rings is 1. The van der Waals surface area contributed by atoms with E-state index in [2.05, 4.69) is 0 Å². The molecular weight excluding hydrogens is 328 g/mol. The molecule has 0 aliphatic carbocycles. The zero-order valence-corrected chi connectivity index (χ0v) is 14.7. The first-order valence-corrected chi connectivity index (χ1v) is 8.93. The summed E-state index contributed by atoms with van der Waals surface area (Å²) >= 11 is 0. The van der Waals surface area contributed by atoms with Gasteiger partial charge in [0.15, 0.2) is 0 Å². The van der Waals surface area contributed by atoms with Crippen molar-refractivity contribution >= 4 is 11.8 Å². The predicted octanol–water partition coefficient (Wildman–Crippen LogP) is 2.52. The molecule has 1 saturated heterocycles. The van der Waals surface area contributed by atoms with Gasteiger partial charge < -0.3 is 15.4 Å². The Hall–Kier alpha value is -2.66. The lowest BCUT2D eigenvalue weighted by molar-refractivity contribution is -0.140. The number of carbonyl (C=O) groups is 2. The Bertz CT molecular complexity index is 686. The summed E-state index contributed by atoms with van der Waals surface area (Å²) in [5, 5.41) is 0. The first-order valence-electron chi connectivity index (χ1n) is 8.93. The summed E-state index contributed by atoms with van der Waals surface area (Å²) in [4.78, 5) is 25.5. The largest absolute Gasteiger partial charge is 0.369 e. The molecule has 2 aromatic rings. The third kappa shape index (κ3) is 4.49. The van der Waals surface area contributed by atoms with E-state index >= 15 is 0 Å². The van der Waals surface area contributed by atoms with E-state index in [1.54, 1.807) is 4.90 Å². The van der Waals surface area contributed by atoms with Crippen molar-refractivity contribution in [3.63, 3.8) is 0 Å². The van der Waals surface area contributed by atoms with Gasteiger partial charge in [0.25, 0.3) is 0 Å². The quantitative estimate of drug-likeness (QED) is 0.868. The molecule has 5 nitrogen and oxygen atoms in total. The van der Waals surface area contributed by atoms with Crippen molar-refractivity contribution in [2.45, 2.75) is 18.9 Å². The molecule has 0 atom stereocenters. The highest BCUT2D eigenvalue weighted by atomic mass is 16.5. The summed E-state index contributed by atoms with van der Waals surface area (Å²) in [5.74, 6) is -0.451. The third-order valence-corrected chi connectivity index (χ3v) is 4.83. The molecule has 0 saturated carbocycles. The summed E-state index contributed by atoms with van der Waals surface area (Å²) in [6.07, 6.45) is 0.966. The molecule has 0 radical (unpaired) electrons. The van der Waals surface area contributed by atoms with Crippen LogP contribution in [0.4, 0.5) is 0 Å². The average molecular weight is 352 g/mol. The fourth-order valence-electron chi connectivity index (χ4n) is 3.30. The molecule has 0 spiro atoms. The molecule has 3 rings (SSSR count). The highest BCUT2D eigenvalue weighted by Crippen LogP contribution is 2.26. The van der Waals surface area contributed by atoms with Crippen LogP contribution in [-0.4, -0.2) is 36.4 Å². The van der Waals surface area contributed by atoms with Crippen molar-refractivity contribution in [2.75, 3.05) is 19.7 Å². The van der Waals surface area contributed by atoms with E-state index < -0.39 is 0 Å². The van der Waals surface area contributed by atoms with Gasteiger partial charge in [0.2, 0.25) is 11.8 Å². The number of nitrogens with zero attached hydrogens (tertiary/aromatic N) is 1. The summed E-state index contributed by atoms with van der Waals surface area (Å²) in [7, 11) is 0. The molecule has 1 aliphatic rings. The Labute approximate surface area is 153 Å². The summed E-state index contributed by atoms with van der Waals surface area (Å²) < 4.78 is 6.02. The first kappa shape index (κ1) is 18.1. The number of benzene rings is 2. The Morgan fingerprint density at radius 2 is 1.46 bits per heavy atom. The number of rotatable bonds is 6. The molecule has 0 bridgehead atoms. The molecule has 26 heavy (non-hydrogen) atoms. The Kier molecular flexibility index (Phi) is 6.02. The second kappa shape index (κ2) is 8.63. The fraction of sp³-hybridized carbons (Fsp3) is 0.333. The van der Waals surface area contributed by atoms with E-state index in [1.807, 2.05) is 60.7 Å². The van der Waals surface area contributed by atoms with Crippen LogP contribution in [0.2, 0.25) is 0 Å². The van der Waals surface area contributed by atoms with E-state index in [4.69, 9.17) is 10.5 Å². The number of amides is 2. The fourth-order valence-corrected chi connectivity index (χ4v) is 3.30. The lowest BCUT2D eigenvalue weighted by Gasteiger charge is -2.31. The van der Waals surface area contributed by atoms with E-state index in [1.165, 1.54) is 0 Å². The number of primary amides is 1. The molecule has 2 amide bonds. The zero-order valence-electron chi connectivity index (χ0n) is 14.7. The Morgan fingerprint density at radius 3 is 1.92 bits per heavy atom. The zero-order chi connectivity index (χ0) is 18.4. The second-order valence-electron chi connectivity index (χ2n) is 6.57. The number of nitrogens with two attached hydrogens (primary N) is 1. The van der Waals surface area contributed by atoms with Crippen molar-refractivity contribution in [3.05, 3.63) is 71.8 Å². The first-order chi connectivity index (χ1) is 12.6. The predicted molar refractivity (Wildman–Crippen MR) is 99.2 cm³/mol. The molecule has 1 aliphatic heterocycles. The van der Waals surface area contributed by atoms with Crippen LogP contribution in [0, 0.1) is 5.92 Å². The molecule has 2 N–H and O–H groups in total. The number of likely N-dealkylation sites (tertiary alicyclic amines) is 1. The highest BCUT2D eigenvalue weighted by molar-refractivity contribution is 5.79. The molecule has 0 unspecified atom stereocenters. The average Bonchev–Trinajstić information content (AvgIpc) is 2.69. The third-order valence-electron chi connectivity index (χ3n) is 4.83. The number of carbonyl (C=O) groups excluding carboxylic acids is 2. The van der Waals surface area contributed by atoms with Crippen molar-refractivity contribution < 1.29 is 14.3 Å². The molecular formula is C21H24N2O3. The van der Waals surface area contributed by atoms with Crippen LogP contribution < -0.4 is 5.73 Å². The maximum atomic E-state index is 12.5. The monoisotopic (exact) mass is 352 g/mol. The van der Waals surface area contributed by atoms with Crippen LogP contribution in [0.25, 0.3) is 0 Å². The number of ether oxygens (including phenoxy) is 1. The molecule has 136 valence electrons. The van der Waals surface area contributed by atoms with Crippen molar-refractivity contribution in [2.24, 2.45) is 11.7 Å². The van der Waals surface area contributed by atoms with Crippen LogP contribution in [0.5, 0.6) is 0 Å². The van der Waals surface area contributed by atoms with E-state index in [9.17, 15) is 9.59 Å².